The van der Waals surface area contributed by atoms with Crippen LogP contribution in [0.1, 0.15) is 27.7 Å². The Bertz CT molecular complexity index is 225. The molecular weight excluding hydrogens is 232 g/mol. The molecule has 0 aliphatic rings. The third-order valence-electron chi connectivity index (χ3n) is 2.25. The first kappa shape index (κ1) is 17.8. The van der Waals surface area contributed by atoms with Crippen LogP contribution in [0.3, 0.4) is 0 Å². The molecule has 18 heavy (non-hydrogen) atoms. The van der Waals surface area contributed by atoms with E-state index in [1.165, 1.54) is 0 Å². The van der Waals surface area contributed by atoms with Crippen molar-refractivity contribution in [3.8, 4) is 0 Å². The molecule has 0 aliphatic carbocycles. The van der Waals surface area contributed by atoms with Crippen LogP contribution >= 0.6 is 0 Å². The van der Waals surface area contributed by atoms with Crippen LogP contribution in [0.5, 0.6) is 0 Å². The fraction of sp³-hybridized carbons (Fsp3) is 1.00. The van der Waals surface area contributed by atoms with Crippen LogP contribution in [0.25, 0.3) is 0 Å². The first-order valence-electron chi connectivity index (χ1n) is 6.42. The molecule has 0 bridgehead atoms. The SMILES string of the molecule is CN(C)CC(C)(O)CNCC(O)COC(C)(C)C. The molecule has 0 aromatic heterocycles. The second-order valence-electron chi connectivity index (χ2n) is 6.44. The zero-order valence-electron chi connectivity index (χ0n) is 12.7. The highest BCUT2D eigenvalue weighted by Crippen LogP contribution is 2.07. The van der Waals surface area contributed by atoms with Crippen molar-refractivity contribution in [3.63, 3.8) is 0 Å². The van der Waals surface area contributed by atoms with Crippen LogP contribution in [0.2, 0.25) is 0 Å². The molecule has 3 N–H and O–H groups in total. The van der Waals surface area contributed by atoms with Crippen LogP contribution in [-0.2, 0) is 4.74 Å². The van der Waals surface area contributed by atoms with Crippen molar-refractivity contribution in [2.45, 2.75) is 45.0 Å². The third kappa shape index (κ3) is 10.9. The Morgan fingerprint density at radius 1 is 1.22 bits per heavy atom. The van der Waals surface area contributed by atoms with Gasteiger partial charge in [0.25, 0.3) is 0 Å². The van der Waals surface area contributed by atoms with E-state index in [1.54, 1.807) is 6.92 Å². The van der Waals surface area contributed by atoms with Crippen LogP contribution in [0.4, 0.5) is 0 Å². The Morgan fingerprint density at radius 3 is 2.22 bits per heavy atom. The van der Waals surface area contributed by atoms with E-state index in [1.807, 2.05) is 39.8 Å². The van der Waals surface area contributed by atoms with Gasteiger partial charge in [-0.05, 0) is 41.8 Å². The summed E-state index contributed by atoms with van der Waals surface area (Å²) in [5.41, 5.74) is -1.04. The van der Waals surface area contributed by atoms with Gasteiger partial charge in [-0.2, -0.15) is 0 Å². The maximum absolute atomic E-state index is 10.0. The predicted octanol–water partition coefficient (Wildman–Crippen LogP) is 0.0646. The van der Waals surface area contributed by atoms with E-state index < -0.39 is 11.7 Å². The second kappa shape index (κ2) is 7.40. The zero-order chi connectivity index (χ0) is 14.4. The first-order valence-corrected chi connectivity index (χ1v) is 6.42. The number of likely N-dealkylation sites (N-methyl/N-ethyl adjacent to an activating group) is 1. The minimum absolute atomic E-state index is 0.239. The van der Waals surface area contributed by atoms with E-state index in [-0.39, 0.29) is 5.60 Å². The van der Waals surface area contributed by atoms with Crippen molar-refractivity contribution >= 4 is 0 Å². The Morgan fingerprint density at radius 2 is 1.78 bits per heavy atom. The van der Waals surface area contributed by atoms with Gasteiger partial charge in [0.05, 0.1) is 23.9 Å². The predicted molar refractivity (Wildman–Crippen MR) is 73.8 cm³/mol. The summed E-state index contributed by atoms with van der Waals surface area (Å²) in [4.78, 5) is 1.93. The average molecular weight is 262 g/mol. The topological polar surface area (TPSA) is 65.0 Å². The van der Waals surface area contributed by atoms with Crippen LogP contribution < -0.4 is 5.32 Å². The van der Waals surface area contributed by atoms with Gasteiger partial charge in [-0.1, -0.05) is 0 Å². The molecule has 5 nitrogen and oxygen atoms in total. The van der Waals surface area contributed by atoms with Gasteiger partial charge in [0.2, 0.25) is 0 Å². The minimum Gasteiger partial charge on any atom is -0.389 e. The smallest absolute Gasteiger partial charge is 0.0897 e. The lowest BCUT2D eigenvalue weighted by molar-refractivity contribution is -0.0494. The molecule has 0 saturated heterocycles. The van der Waals surface area contributed by atoms with Gasteiger partial charge in [-0.3, -0.25) is 0 Å². The Balaban J connectivity index is 3.77. The molecule has 0 fully saturated rings. The van der Waals surface area contributed by atoms with Crippen molar-refractivity contribution in [1.82, 2.24) is 10.2 Å². The summed E-state index contributed by atoms with van der Waals surface area (Å²) in [6.45, 7) is 9.37. The summed E-state index contributed by atoms with van der Waals surface area (Å²) in [6, 6.07) is 0. The third-order valence-corrected chi connectivity index (χ3v) is 2.25. The maximum Gasteiger partial charge on any atom is 0.0897 e. The van der Waals surface area contributed by atoms with Crippen LogP contribution in [0, 0.1) is 0 Å². The highest BCUT2D eigenvalue weighted by Gasteiger charge is 2.21. The quantitative estimate of drug-likeness (QED) is 0.577. The molecule has 0 aromatic rings. The Kier molecular flexibility index (Phi) is 7.32. The summed E-state index contributed by atoms with van der Waals surface area (Å²) in [7, 11) is 3.83. The van der Waals surface area contributed by atoms with Crippen LogP contribution in [0.15, 0.2) is 0 Å². The molecule has 0 heterocycles. The number of hydrogen-bond acceptors (Lipinski definition) is 5. The molecule has 0 aromatic carbocycles. The molecule has 5 heteroatoms. The highest BCUT2D eigenvalue weighted by molar-refractivity contribution is 4.78. The van der Waals surface area contributed by atoms with Crippen molar-refractivity contribution in [2.24, 2.45) is 0 Å². The summed E-state index contributed by atoms with van der Waals surface area (Å²) in [5, 5.41) is 22.8. The fourth-order valence-corrected chi connectivity index (χ4v) is 1.65. The van der Waals surface area contributed by atoms with Crippen molar-refractivity contribution in [1.29, 1.82) is 0 Å². The van der Waals surface area contributed by atoms with E-state index in [0.29, 0.717) is 26.2 Å². The molecule has 0 rings (SSSR count). The number of nitrogens with one attached hydrogen (secondary N) is 1. The number of hydrogen-bond donors (Lipinski definition) is 3. The largest absolute Gasteiger partial charge is 0.389 e. The van der Waals surface area contributed by atoms with Gasteiger partial charge in [0, 0.05) is 19.6 Å². The van der Waals surface area contributed by atoms with Gasteiger partial charge in [0.15, 0.2) is 0 Å². The Labute approximate surface area is 111 Å². The average Bonchev–Trinajstić information content (AvgIpc) is 2.11. The van der Waals surface area contributed by atoms with Gasteiger partial charge in [0.1, 0.15) is 0 Å². The molecule has 0 radical (unpaired) electrons. The highest BCUT2D eigenvalue weighted by atomic mass is 16.5. The standard InChI is InChI=1S/C13H30N2O3/c1-12(2,3)18-8-11(16)7-14-9-13(4,17)10-15(5)6/h11,14,16-17H,7-10H2,1-6H3. The van der Waals surface area contributed by atoms with E-state index in [4.69, 9.17) is 4.74 Å². The molecular formula is C13H30N2O3. The molecule has 0 amide bonds. The van der Waals surface area contributed by atoms with Gasteiger partial charge in [-0.15, -0.1) is 0 Å². The lowest BCUT2D eigenvalue weighted by Crippen LogP contribution is -2.47. The first-order chi connectivity index (χ1) is 8.02. The Hall–Kier alpha value is -0.200. The van der Waals surface area contributed by atoms with E-state index in [0.717, 1.165) is 0 Å². The summed E-state index contributed by atoms with van der Waals surface area (Å²) >= 11 is 0. The summed E-state index contributed by atoms with van der Waals surface area (Å²) in [5.74, 6) is 0. The number of rotatable bonds is 8. The maximum atomic E-state index is 10.0. The summed E-state index contributed by atoms with van der Waals surface area (Å²) in [6.07, 6.45) is -0.556. The molecule has 110 valence electrons. The van der Waals surface area contributed by atoms with E-state index in [9.17, 15) is 10.2 Å². The minimum atomic E-state index is -0.798. The summed E-state index contributed by atoms with van der Waals surface area (Å²) < 4.78 is 5.48. The van der Waals surface area contributed by atoms with Gasteiger partial charge >= 0.3 is 0 Å². The van der Waals surface area contributed by atoms with E-state index in [2.05, 4.69) is 5.32 Å². The lowest BCUT2D eigenvalue weighted by atomic mass is 10.1. The van der Waals surface area contributed by atoms with Crippen molar-refractivity contribution < 1.29 is 14.9 Å². The van der Waals surface area contributed by atoms with Crippen molar-refractivity contribution in [3.05, 3.63) is 0 Å². The number of nitrogens with zero attached hydrogens (tertiary/aromatic N) is 1. The lowest BCUT2D eigenvalue weighted by Gasteiger charge is -2.28. The molecule has 0 spiro atoms. The van der Waals surface area contributed by atoms with E-state index >= 15 is 0 Å². The molecule has 0 saturated carbocycles. The van der Waals surface area contributed by atoms with Crippen LogP contribution in [-0.4, -0.2) is 72.8 Å². The van der Waals surface area contributed by atoms with Gasteiger partial charge < -0.3 is 25.2 Å². The van der Waals surface area contributed by atoms with Crippen molar-refractivity contribution in [2.75, 3.05) is 40.3 Å². The normalized spacial score (nSPS) is 17.8. The van der Waals surface area contributed by atoms with Gasteiger partial charge in [-0.25, -0.2) is 0 Å². The molecule has 2 atom stereocenters. The number of aliphatic hydroxyl groups excluding tert-OH is 1. The number of aliphatic hydroxyl groups is 2. The number of ether oxygens (including phenoxy) is 1. The zero-order valence-corrected chi connectivity index (χ0v) is 12.7. The fourth-order valence-electron chi connectivity index (χ4n) is 1.65. The monoisotopic (exact) mass is 262 g/mol. The molecule has 2 unspecified atom stereocenters. The second-order valence-corrected chi connectivity index (χ2v) is 6.44. The molecule has 0 aliphatic heterocycles.